The van der Waals surface area contributed by atoms with E-state index in [1.807, 2.05) is 12.1 Å². The van der Waals surface area contributed by atoms with Gasteiger partial charge in [-0.2, -0.15) is 0 Å². The van der Waals surface area contributed by atoms with Crippen LogP contribution >= 0.6 is 11.6 Å². The van der Waals surface area contributed by atoms with Crippen LogP contribution in [0.3, 0.4) is 0 Å². The summed E-state index contributed by atoms with van der Waals surface area (Å²) in [6.07, 6.45) is -0.00622. The Morgan fingerprint density at radius 3 is 2.36 bits per heavy atom. The molecule has 2 aromatic rings. The highest BCUT2D eigenvalue weighted by Crippen LogP contribution is 2.26. The van der Waals surface area contributed by atoms with Gasteiger partial charge in [-0.1, -0.05) is 41.9 Å². The zero-order chi connectivity index (χ0) is 18.2. The highest BCUT2D eigenvalue weighted by Gasteiger charge is 2.21. The van der Waals surface area contributed by atoms with Crippen LogP contribution in [-0.4, -0.2) is 26.1 Å². The molecule has 0 aliphatic carbocycles. The molecule has 5 nitrogen and oxygen atoms in total. The number of ether oxygens (including phenoxy) is 2. The molecule has 0 radical (unpaired) electrons. The van der Waals surface area contributed by atoms with Gasteiger partial charge < -0.3 is 14.8 Å². The average Bonchev–Trinajstić information content (AvgIpc) is 2.62. The Labute approximate surface area is 151 Å². The molecule has 1 N–H and O–H groups in total. The predicted molar refractivity (Wildman–Crippen MR) is 95.4 cm³/mol. The van der Waals surface area contributed by atoms with Gasteiger partial charge in [-0.05, 0) is 29.3 Å². The van der Waals surface area contributed by atoms with E-state index >= 15 is 0 Å². The van der Waals surface area contributed by atoms with Gasteiger partial charge in [0.2, 0.25) is 0 Å². The van der Waals surface area contributed by atoms with Crippen LogP contribution in [0.25, 0.3) is 0 Å². The van der Waals surface area contributed by atoms with E-state index in [4.69, 9.17) is 21.1 Å². The fourth-order valence-corrected chi connectivity index (χ4v) is 2.67. The number of hydrogen-bond acceptors (Lipinski definition) is 4. The summed E-state index contributed by atoms with van der Waals surface area (Å²) in [6.45, 7) is 0.479. The molecule has 0 bridgehead atoms. The Kier molecular flexibility index (Phi) is 6.98. The molecule has 0 aromatic heterocycles. The van der Waals surface area contributed by atoms with Gasteiger partial charge in [-0.15, -0.1) is 0 Å². The molecule has 1 atom stereocenters. The molecule has 0 fully saturated rings. The Morgan fingerprint density at radius 2 is 1.76 bits per heavy atom. The lowest BCUT2D eigenvalue weighted by atomic mass is 10.0. The van der Waals surface area contributed by atoms with E-state index in [0.717, 1.165) is 5.56 Å². The fraction of sp³-hybridized carbons (Fsp3) is 0.263. The van der Waals surface area contributed by atoms with Crippen molar-refractivity contribution in [3.8, 4) is 0 Å². The Morgan fingerprint density at radius 1 is 1.08 bits per heavy atom. The Balaban J connectivity index is 2.19. The molecule has 0 aliphatic rings. The normalized spacial score (nSPS) is 11.6. The predicted octanol–water partition coefficient (Wildman–Crippen LogP) is 3.52. The molecule has 0 heterocycles. The molecule has 0 saturated carbocycles. The van der Waals surface area contributed by atoms with Crippen LogP contribution in [0.2, 0.25) is 5.02 Å². The molecule has 0 spiro atoms. The SMILES string of the molecule is COCc1ccc(C(=O)NC(CC(=O)OC)c2ccccc2Cl)cc1. The standard InChI is InChI=1S/C19H20ClNO4/c1-24-12-13-7-9-14(10-8-13)19(23)21-17(11-18(22)25-2)15-5-3-4-6-16(15)20/h3-10,17H,11-12H2,1-2H3,(H,21,23). The second-order valence-corrected chi connectivity index (χ2v) is 5.86. The van der Waals surface area contributed by atoms with E-state index in [-0.39, 0.29) is 12.3 Å². The van der Waals surface area contributed by atoms with Gasteiger partial charge >= 0.3 is 5.97 Å². The van der Waals surface area contributed by atoms with Crippen molar-refractivity contribution in [1.82, 2.24) is 5.32 Å². The minimum Gasteiger partial charge on any atom is -0.469 e. The number of amides is 1. The largest absolute Gasteiger partial charge is 0.469 e. The first-order valence-electron chi connectivity index (χ1n) is 7.75. The number of esters is 1. The van der Waals surface area contributed by atoms with Gasteiger partial charge in [-0.3, -0.25) is 9.59 Å². The monoisotopic (exact) mass is 361 g/mol. The van der Waals surface area contributed by atoms with Gasteiger partial charge in [0.05, 0.1) is 26.2 Å². The molecule has 0 saturated heterocycles. The number of halogens is 1. The number of hydrogen-bond donors (Lipinski definition) is 1. The van der Waals surface area contributed by atoms with Gasteiger partial charge in [0.25, 0.3) is 5.91 Å². The highest BCUT2D eigenvalue weighted by atomic mass is 35.5. The smallest absolute Gasteiger partial charge is 0.307 e. The van der Waals surface area contributed by atoms with E-state index in [9.17, 15) is 9.59 Å². The average molecular weight is 362 g/mol. The van der Waals surface area contributed by atoms with E-state index < -0.39 is 12.0 Å². The van der Waals surface area contributed by atoms with Gasteiger partial charge in [-0.25, -0.2) is 0 Å². The number of nitrogens with one attached hydrogen (secondary N) is 1. The summed E-state index contributed by atoms with van der Waals surface area (Å²) in [4.78, 5) is 24.3. The Hall–Kier alpha value is -2.37. The third-order valence-electron chi connectivity index (χ3n) is 3.71. The number of rotatable bonds is 7. The van der Waals surface area contributed by atoms with Crippen molar-refractivity contribution in [2.75, 3.05) is 14.2 Å². The fourth-order valence-electron chi connectivity index (χ4n) is 2.41. The zero-order valence-corrected chi connectivity index (χ0v) is 14.9. The highest BCUT2D eigenvalue weighted by molar-refractivity contribution is 6.31. The van der Waals surface area contributed by atoms with Crippen molar-refractivity contribution < 1.29 is 19.1 Å². The van der Waals surface area contributed by atoms with Crippen molar-refractivity contribution in [2.45, 2.75) is 19.1 Å². The molecular weight excluding hydrogens is 342 g/mol. The molecular formula is C19H20ClNO4. The van der Waals surface area contributed by atoms with Crippen molar-refractivity contribution in [3.63, 3.8) is 0 Å². The molecule has 0 aliphatic heterocycles. The molecule has 25 heavy (non-hydrogen) atoms. The van der Waals surface area contributed by atoms with E-state index in [1.165, 1.54) is 7.11 Å². The maximum absolute atomic E-state index is 12.5. The molecule has 132 valence electrons. The third-order valence-corrected chi connectivity index (χ3v) is 4.06. The maximum atomic E-state index is 12.5. The second-order valence-electron chi connectivity index (χ2n) is 5.46. The number of carbonyl (C=O) groups excluding carboxylic acids is 2. The molecule has 2 rings (SSSR count). The van der Waals surface area contributed by atoms with Crippen molar-refractivity contribution >= 4 is 23.5 Å². The van der Waals surface area contributed by atoms with Crippen molar-refractivity contribution in [3.05, 3.63) is 70.2 Å². The molecule has 1 unspecified atom stereocenters. The second kappa shape index (κ2) is 9.20. The molecule has 6 heteroatoms. The summed E-state index contributed by atoms with van der Waals surface area (Å²) < 4.78 is 9.78. The number of carbonyl (C=O) groups is 2. The Bertz CT molecular complexity index is 730. The third kappa shape index (κ3) is 5.31. The van der Waals surface area contributed by atoms with Crippen LogP contribution in [0, 0.1) is 0 Å². The topological polar surface area (TPSA) is 64.6 Å². The number of methoxy groups -OCH3 is 2. The van der Waals surface area contributed by atoms with Gasteiger partial charge in [0.15, 0.2) is 0 Å². The van der Waals surface area contributed by atoms with Crippen molar-refractivity contribution in [2.24, 2.45) is 0 Å². The summed E-state index contributed by atoms with van der Waals surface area (Å²) in [5.41, 5.74) is 2.12. The molecule has 1 amide bonds. The van der Waals surface area contributed by atoms with E-state index in [2.05, 4.69) is 5.32 Å². The lowest BCUT2D eigenvalue weighted by Crippen LogP contribution is -2.30. The quantitative estimate of drug-likeness (QED) is 0.766. The van der Waals surface area contributed by atoms with Crippen LogP contribution in [0.1, 0.15) is 33.9 Å². The minimum absolute atomic E-state index is 0.00622. The van der Waals surface area contributed by atoms with Crippen LogP contribution < -0.4 is 5.32 Å². The first kappa shape index (κ1) is 19.0. The van der Waals surface area contributed by atoms with E-state index in [1.54, 1.807) is 43.5 Å². The zero-order valence-electron chi connectivity index (χ0n) is 14.1. The summed E-state index contributed by atoms with van der Waals surface area (Å²) in [5, 5.41) is 3.33. The summed E-state index contributed by atoms with van der Waals surface area (Å²) >= 11 is 6.21. The van der Waals surface area contributed by atoms with Crippen LogP contribution in [-0.2, 0) is 20.9 Å². The first-order valence-corrected chi connectivity index (χ1v) is 8.13. The van der Waals surface area contributed by atoms with Crippen molar-refractivity contribution in [1.29, 1.82) is 0 Å². The van der Waals surface area contributed by atoms with Crippen LogP contribution in [0.5, 0.6) is 0 Å². The number of benzene rings is 2. The van der Waals surface area contributed by atoms with Crippen LogP contribution in [0.15, 0.2) is 48.5 Å². The van der Waals surface area contributed by atoms with Crippen LogP contribution in [0.4, 0.5) is 0 Å². The first-order chi connectivity index (χ1) is 12.0. The summed E-state index contributed by atoms with van der Waals surface area (Å²) in [5.74, 6) is -0.724. The lowest BCUT2D eigenvalue weighted by molar-refractivity contribution is -0.141. The summed E-state index contributed by atoms with van der Waals surface area (Å²) in [6, 6.07) is 13.6. The lowest BCUT2D eigenvalue weighted by Gasteiger charge is -2.19. The summed E-state index contributed by atoms with van der Waals surface area (Å²) in [7, 11) is 2.92. The van der Waals surface area contributed by atoms with E-state index in [0.29, 0.717) is 22.8 Å². The maximum Gasteiger partial charge on any atom is 0.307 e. The molecule has 2 aromatic carbocycles. The minimum atomic E-state index is -0.577. The van der Waals surface area contributed by atoms with Gasteiger partial charge in [0.1, 0.15) is 0 Å². The van der Waals surface area contributed by atoms with Gasteiger partial charge in [0, 0.05) is 17.7 Å².